The van der Waals surface area contributed by atoms with E-state index in [-0.39, 0.29) is 23.3 Å². The summed E-state index contributed by atoms with van der Waals surface area (Å²) in [5.74, 6) is 0.369. The van der Waals surface area contributed by atoms with Gasteiger partial charge in [0.15, 0.2) is 0 Å². The van der Waals surface area contributed by atoms with Crippen LogP contribution in [0.2, 0.25) is 0 Å². The third-order valence-electron chi connectivity index (χ3n) is 6.10. The molecule has 2 amide bonds. The van der Waals surface area contributed by atoms with Crippen LogP contribution in [-0.2, 0) is 19.7 Å². The van der Waals surface area contributed by atoms with Gasteiger partial charge in [0.1, 0.15) is 0 Å². The number of rotatable bonds is 1. The van der Waals surface area contributed by atoms with Crippen LogP contribution >= 0.6 is 0 Å². The molecule has 2 fully saturated rings. The second-order valence-corrected chi connectivity index (χ2v) is 8.20. The van der Waals surface area contributed by atoms with Gasteiger partial charge in [-0.1, -0.05) is 18.2 Å². The molecule has 0 saturated carbocycles. The molecule has 3 aliphatic rings. The maximum atomic E-state index is 12.9. The Morgan fingerprint density at radius 3 is 2.68 bits per heavy atom. The lowest BCUT2D eigenvalue weighted by molar-refractivity contribution is -0.147. The Morgan fingerprint density at radius 1 is 1.24 bits per heavy atom. The number of amides is 2. The van der Waals surface area contributed by atoms with Gasteiger partial charge in [-0.25, -0.2) is 0 Å². The summed E-state index contributed by atoms with van der Waals surface area (Å²) >= 11 is 0. The number of fused-ring (bicyclic) bond motifs is 2. The van der Waals surface area contributed by atoms with Crippen LogP contribution in [0, 0.1) is 5.92 Å². The molecule has 134 valence electrons. The molecule has 1 aromatic carbocycles. The van der Waals surface area contributed by atoms with Crippen LogP contribution in [0.15, 0.2) is 24.3 Å². The Hall–Kier alpha value is -1.88. The highest BCUT2D eigenvalue weighted by Crippen LogP contribution is 2.45. The average molecular weight is 342 g/mol. The predicted octanol–water partition coefficient (Wildman–Crippen LogP) is 2.70. The molecule has 1 atom stereocenters. The van der Waals surface area contributed by atoms with Crippen molar-refractivity contribution in [1.29, 1.82) is 0 Å². The quantitative estimate of drug-likeness (QED) is 0.854. The van der Waals surface area contributed by atoms with Crippen molar-refractivity contribution in [3.63, 3.8) is 0 Å². The number of hydrogen-bond donors (Lipinski definition) is 1. The topological polar surface area (TPSA) is 58.6 Å². The summed E-state index contributed by atoms with van der Waals surface area (Å²) in [5, 5.41) is 3.02. The molecule has 2 saturated heterocycles. The highest BCUT2D eigenvalue weighted by atomic mass is 16.5. The molecule has 4 rings (SSSR count). The van der Waals surface area contributed by atoms with Crippen LogP contribution in [0.5, 0.6) is 0 Å². The number of anilines is 1. The van der Waals surface area contributed by atoms with Crippen molar-refractivity contribution >= 4 is 17.5 Å². The molecular formula is C20H26N2O3. The van der Waals surface area contributed by atoms with Crippen LogP contribution in [-0.4, -0.2) is 42.0 Å². The third kappa shape index (κ3) is 2.74. The van der Waals surface area contributed by atoms with E-state index in [9.17, 15) is 9.59 Å². The Morgan fingerprint density at radius 2 is 1.96 bits per heavy atom. The van der Waals surface area contributed by atoms with E-state index in [2.05, 4.69) is 19.2 Å². The minimum Gasteiger partial charge on any atom is -0.376 e. The largest absolute Gasteiger partial charge is 0.376 e. The van der Waals surface area contributed by atoms with Crippen molar-refractivity contribution in [2.24, 2.45) is 5.92 Å². The fourth-order valence-corrected chi connectivity index (χ4v) is 4.68. The Kier molecular flexibility index (Phi) is 3.87. The summed E-state index contributed by atoms with van der Waals surface area (Å²) in [4.78, 5) is 27.5. The third-order valence-corrected chi connectivity index (χ3v) is 6.10. The SMILES string of the molecule is CC1(C)C[C@H](C(=O)N2CCC3(CC2)C(=O)Nc2ccccc23)CCO1. The van der Waals surface area contributed by atoms with Gasteiger partial charge in [-0.05, 0) is 51.2 Å². The number of nitrogens with one attached hydrogen (secondary N) is 1. The van der Waals surface area contributed by atoms with Crippen molar-refractivity contribution in [2.45, 2.75) is 50.5 Å². The van der Waals surface area contributed by atoms with E-state index in [1.165, 1.54) is 0 Å². The molecule has 3 heterocycles. The van der Waals surface area contributed by atoms with Gasteiger partial charge in [0.2, 0.25) is 11.8 Å². The molecule has 25 heavy (non-hydrogen) atoms. The Labute approximate surface area is 148 Å². The highest BCUT2D eigenvalue weighted by Gasteiger charge is 2.49. The second kappa shape index (κ2) is 5.84. The number of piperidine rings is 1. The maximum absolute atomic E-state index is 12.9. The molecule has 1 aromatic rings. The van der Waals surface area contributed by atoms with Crippen LogP contribution in [0.25, 0.3) is 0 Å². The van der Waals surface area contributed by atoms with Crippen molar-refractivity contribution in [1.82, 2.24) is 4.90 Å². The number of benzene rings is 1. The average Bonchev–Trinajstić information content (AvgIpc) is 2.86. The number of likely N-dealkylation sites (tertiary alicyclic amines) is 1. The number of carbonyl (C=O) groups excluding carboxylic acids is 2. The van der Waals surface area contributed by atoms with Crippen LogP contribution < -0.4 is 5.32 Å². The van der Waals surface area contributed by atoms with Crippen LogP contribution in [0.4, 0.5) is 5.69 Å². The van der Waals surface area contributed by atoms with E-state index in [1.54, 1.807) is 0 Å². The standard InChI is InChI=1S/C20H26N2O3/c1-19(2)13-14(7-12-25-19)17(23)22-10-8-20(9-11-22)15-5-3-4-6-16(15)21-18(20)24/h3-6,14H,7-13H2,1-2H3,(H,21,24)/t14-/m1/s1. The normalized spacial score (nSPS) is 27.0. The first-order valence-corrected chi connectivity index (χ1v) is 9.25. The van der Waals surface area contributed by atoms with Gasteiger partial charge in [0.05, 0.1) is 11.0 Å². The fraction of sp³-hybridized carbons (Fsp3) is 0.600. The molecule has 0 unspecified atom stereocenters. The maximum Gasteiger partial charge on any atom is 0.235 e. The minimum atomic E-state index is -0.456. The number of ether oxygens (including phenoxy) is 1. The summed E-state index contributed by atoms with van der Waals surface area (Å²) in [5.41, 5.74) is 1.35. The van der Waals surface area contributed by atoms with Crippen molar-refractivity contribution in [3.8, 4) is 0 Å². The minimum absolute atomic E-state index is 0.0440. The summed E-state index contributed by atoms with van der Waals surface area (Å²) in [6, 6.07) is 7.95. The molecule has 0 aliphatic carbocycles. The first-order chi connectivity index (χ1) is 11.9. The smallest absolute Gasteiger partial charge is 0.235 e. The van der Waals surface area contributed by atoms with Gasteiger partial charge in [-0.15, -0.1) is 0 Å². The van der Waals surface area contributed by atoms with Gasteiger partial charge in [0.25, 0.3) is 0 Å². The number of carbonyl (C=O) groups is 2. The molecular weight excluding hydrogens is 316 g/mol. The summed E-state index contributed by atoms with van der Waals surface area (Å²) in [6.07, 6.45) is 2.98. The lowest BCUT2D eigenvalue weighted by atomic mass is 9.73. The Balaban J connectivity index is 1.47. The zero-order chi connectivity index (χ0) is 17.7. The van der Waals surface area contributed by atoms with Gasteiger partial charge in [-0.3, -0.25) is 9.59 Å². The zero-order valence-corrected chi connectivity index (χ0v) is 15.0. The molecule has 5 nitrogen and oxygen atoms in total. The molecule has 5 heteroatoms. The van der Waals surface area contributed by atoms with E-state index >= 15 is 0 Å². The molecule has 0 radical (unpaired) electrons. The Bertz CT molecular complexity index is 705. The lowest BCUT2D eigenvalue weighted by Crippen LogP contribution is -2.51. The molecule has 3 aliphatic heterocycles. The number of hydrogen-bond acceptors (Lipinski definition) is 3. The number of nitrogens with zero attached hydrogens (tertiary/aromatic N) is 1. The van der Waals surface area contributed by atoms with Gasteiger partial charge in [0, 0.05) is 31.3 Å². The summed E-state index contributed by atoms with van der Waals surface area (Å²) in [6.45, 7) is 6.06. The summed E-state index contributed by atoms with van der Waals surface area (Å²) in [7, 11) is 0. The van der Waals surface area contributed by atoms with E-state index < -0.39 is 5.41 Å². The highest BCUT2D eigenvalue weighted by molar-refractivity contribution is 6.06. The second-order valence-electron chi connectivity index (χ2n) is 8.20. The molecule has 0 bridgehead atoms. The summed E-state index contributed by atoms with van der Waals surface area (Å²) < 4.78 is 5.74. The lowest BCUT2D eigenvalue weighted by Gasteiger charge is -2.41. The van der Waals surface area contributed by atoms with Crippen LogP contribution in [0.1, 0.15) is 45.1 Å². The fourth-order valence-electron chi connectivity index (χ4n) is 4.68. The molecule has 1 spiro atoms. The van der Waals surface area contributed by atoms with E-state index in [1.807, 2.05) is 29.2 Å². The van der Waals surface area contributed by atoms with Gasteiger partial charge in [-0.2, -0.15) is 0 Å². The van der Waals surface area contributed by atoms with Crippen molar-refractivity contribution in [2.75, 3.05) is 25.0 Å². The van der Waals surface area contributed by atoms with Gasteiger partial charge < -0.3 is 15.0 Å². The van der Waals surface area contributed by atoms with E-state index in [4.69, 9.17) is 4.74 Å². The van der Waals surface area contributed by atoms with Crippen molar-refractivity contribution in [3.05, 3.63) is 29.8 Å². The van der Waals surface area contributed by atoms with E-state index in [0.717, 1.165) is 24.1 Å². The van der Waals surface area contributed by atoms with E-state index in [0.29, 0.717) is 32.5 Å². The molecule has 1 N–H and O–H groups in total. The first-order valence-electron chi connectivity index (χ1n) is 9.25. The number of para-hydroxylation sites is 1. The van der Waals surface area contributed by atoms with Crippen molar-refractivity contribution < 1.29 is 14.3 Å². The predicted molar refractivity (Wildman–Crippen MR) is 95.3 cm³/mol. The molecule has 0 aromatic heterocycles. The zero-order valence-electron chi connectivity index (χ0n) is 15.0. The first kappa shape index (κ1) is 16.6. The monoisotopic (exact) mass is 342 g/mol. The van der Waals surface area contributed by atoms with Gasteiger partial charge >= 0.3 is 0 Å². The van der Waals surface area contributed by atoms with Crippen LogP contribution in [0.3, 0.4) is 0 Å².